The largest absolute Gasteiger partial charge is 0.466 e. The second-order valence-electron chi connectivity index (χ2n) is 6.03. The van der Waals surface area contributed by atoms with Gasteiger partial charge in [-0.3, -0.25) is 15.0 Å². The van der Waals surface area contributed by atoms with Crippen molar-refractivity contribution in [3.05, 3.63) is 81.3 Å². The van der Waals surface area contributed by atoms with Crippen molar-refractivity contribution in [1.29, 1.82) is 0 Å². The quantitative estimate of drug-likeness (QED) is 0.362. The molecule has 9 heteroatoms. The Labute approximate surface area is 165 Å². The third-order valence-corrected chi connectivity index (χ3v) is 4.71. The SMILES string of the molecule is COC(=O)C1=C(C)N(c2ccc(F)cc2)C(=S)N[C@H]1c1ccc([N+](=O)[O-])cc1. The molecule has 0 aliphatic carbocycles. The summed E-state index contributed by atoms with van der Waals surface area (Å²) in [6, 6.07) is 10.9. The summed E-state index contributed by atoms with van der Waals surface area (Å²) in [4.78, 5) is 24.5. The van der Waals surface area contributed by atoms with Crippen molar-refractivity contribution in [2.75, 3.05) is 12.0 Å². The van der Waals surface area contributed by atoms with Gasteiger partial charge in [0.2, 0.25) is 0 Å². The first kappa shape index (κ1) is 19.4. The second-order valence-corrected chi connectivity index (χ2v) is 6.42. The smallest absolute Gasteiger partial charge is 0.337 e. The average molecular weight is 401 g/mol. The first-order valence-corrected chi connectivity index (χ1v) is 8.64. The Hall–Kier alpha value is -3.33. The van der Waals surface area contributed by atoms with Crippen LogP contribution in [-0.4, -0.2) is 23.1 Å². The van der Waals surface area contributed by atoms with E-state index in [1.54, 1.807) is 36.1 Å². The van der Waals surface area contributed by atoms with Crippen LogP contribution in [0.4, 0.5) is 15.8 Å². The van der Waals surface area contributed by atoms with Gasteiger partial charge in [-0.15, -0.1) is 0 Å². The van der Waals surface area contributed by atoms with Crippen LogP contribution in [0.1, 0.15) is 18.5 Å². The zero-order valence-corrected chi connectivity index (χ0v) is 15.8. The molecule has 7 nitrogen and oxygen atoms in total. The number of non-ortho nitro benzene ring substituents is 1. The number of methoxy groups -OCH3 is 1. The van der Waals surface area contributed by atoms with Gasteiger partial charge < -0.3 is 10.1 Å². The lowest BCUT2D eigenvalue weighted by atomic mass is 9.94. The Balaban J connectivity index is 2.09. The third kappa shape index (κ3) is 3.56. The van der Waals surface area contributed by atoms with Crippen LogP contribution in [0.2, 0.25) is 0 Å². The van der Waals surface area contributed by atoms with E-state index in [4.69, 9.17) is 17.0 Å². The van der Waals surface area contributed by atoms with Gasteiger partial charge in [0.15, 0.2) is 5.11 Å². The minimum Gasteiger partial charge on any atom is -0.466 e. The molecule has 0 unspecified atom stereocenters. The molecule has 1 N–H and O–H groups in total. The monoisotopic (exact) mass is 401 g/mol. The predicted octanol–water partition coefficient (Wildman–Crippen LogP) is 3.62. The lowest BCUT2D eigenvalue weighted by Crippen LogP contribution is -2.48. The molecule has 3 rings (SSSR count). The van der Waals surface area contributed by atoms with Crippen molar-refractivity contribution >= 4 is 34.7 Å². The molecule has 1 aliphatic heterocycles. The molecule has 0 aromatic heterocycles. The summed E-state index contributed by atoms with van der Waals surface area (Å²) in [6.07, 6.45) is 0. The Morgan fingerprint density at radius 3 is 2.36 bits per heavy atom. The molecule has 0 spiro atoms. The Morgan fingerprint density at radius 1 is 1.21 bits per heavy atom. The summed E-state index contributed by atoms with van der Waals surface area (Å²) in [5.41, 5.74) is 1.96. The molecule has 1 aliphatic rings. The fourth-order valence-electron chi connectivity index (χ4n) is 3.06. The maximum Gasteiger partial charge on any atom is 0.337 e. The number of halogens is 1. The minimum atomic E-state index is -0.641. The molecule has 0 amide bonds. The van der Waals surface area contributed by atoms with Crippen LogP contribution in [0.3, 0.4) is 0 Å². The predicted molar refractivity (Wildman–Crippen MR) is 105 cm³/mol. The van der Waals surface area contributed by atoms with E-state index in [0.717, 1.165) is 0 Å². The normalized spacial score (nSPS) is 16.6. The van der Waals surface area contributed by atoms with Gasteiger partial charge in [0.05, 0.1) is 23.6 Å². The number of benzene rings is 2. The van der Waals surface area contributed by atoms with Gasteiger partial charge in [-0.1, -0.05) is 0 Å². The van der Waals surface area contributed by atoms with E-state index in [2.05, 4.69) is 5.32 Å². The van der Waals surface area contributed by atoms with E-state index in [0.29, 0.717) is 27.6 Å². The highest BCUT2D eigenvalue weighted by Crippen LogP contribution is 2.34. The molecule has 1 heterocycles. The molecule has 144 valence electrons. The van der Waals surface area contributed by atoms with Crippen molar-refractivity contribution < 1.29 is 18.8 Å². The van der Waals surface area contributed by atoms with Crippen LogP contribution in [-0.2, 0) is 9.53 Å². The Kier molecular flexibility index (Phi) is 5.36. The van der Waals surface area contributed by atoms with Gasteiger partial charge in [0.1, 0.15) is 5.82 Å². The lowest BCUT2D eigenvalue weighted by molar-refractivity contribution is -0.384. The van der Waals surface area contributed by atoms with Crippen LogP contribution in [0, 0.1) is 15.9 Å². The van der Waals surface area contributed by atoms with Gasteiger partial charge in [-0.2, -0.15) is 0 Å². The summed E-state index contributed by atoms with van der Waals surface area (Å²) in [5.74, 6) is -0.957. The first-order valence-electron chi connectivity index (χ1n) is 8.23. The zero-order chi connectivity index (χ0) is 20.4. The van der Waals surface area contributed by atoms with E-state index in [9.17, 15) is 19.3 Å². The summed E-state index contributed by atoms with van der Waals surface area (Å²) in [5, 5.41) is 14.3. The van der Waals surface area contributed by atoms with Crippen molar-refractivity contribution in [1.82, 2.24) is 5.32 Å². The summed E-state index contributed by atoms with van der Waals surface area (Å²) < 4.78 is 18.2. The topological polar surface area (TPSA) is 84.7 Å². The number of anilines is 1. The number of nitrogens with zero attached hydrogens (tertiary/aromatic N) is 2. The third-order valence-electron chi connectivity index (χ3n) is 4.41. The molecule has 0 fully saturated rings. The van der Waals surface area contributed by atoms with Crippen molar-refractivity contribution in [2.24, 2.45) is 0 Å². The van der Waals surface area contributed by atoms with E-state index < -0.39 is 22.8 Å². The van der Waals surface area contributed by atoms with E-state index >= 15 is 0 Å². The van der Waals surface area contributed by atoms with Gasteiger partial charge in [-0.05, 0) is 61.1 Å². The Bertz CT molecular complexity index is 974. The van der Waals surface area contributed by atoms with E-state index in [-0.39, 0.29) is 5.69 Å². The van der Waals surface area contributed by atoms with Crippen LogP contribution in [0.25, 0.3) is 0 Å². The van der Waals surface area contributed by atoms with Gasteiger partial charge in [0, 0.05) is 23.5 Å². The standard InChI is InChI=1S/C19H16FN3O4S/c1-11-16(18(24)27-2)17(12-3-7-15(8-4-12)23(25)26)21-19(28)22(11)14-9-5-13(20)6-10-14/h3-10,17H,1-2H3,(H,21,28)/t17-/m0/s1. The first-order chi connectivity index (χ1) is 13.3. The number of esters is 1. The molecule has 0 saturated carbocycles. The summed E-state index contributed by atoms with van der Waals surface area (Å²) in [6.45, 7) is 1.71. The van der Waals surface area contributed by atoms with E-state index in [1.165, 1.54) is 31.4 Å². The van der Waals surface area contributed by atoms with Crippen LogP contribution in [0.5, 0.6) is 0 Å². The fraction of sp³-hybridized carbons (Fsp3) is 0.158. The van der Waals surface area contributed by atoms with Gasteiger partial charge in [0.25, 0.3) is 5.69 Å². The number of thiocarbonyl (C=S) groups is 1. The highest BCUT2D eigenvalue weighted by molar-refractivity contribution is 7.80. The summed E-state index contributed by atoms with van der Waals surface area (Å²) in [7, 11) is 1.27. The van der Waals surface area contributed by atoms with Crippen molar-refractivity contribution in [3.8, 4) is 0 Å². The summed E-state index contributed by atoms with van der Waals surface area (Å²) >= 11 is 5.47. The molecule has 0 saturated heterocycles. The number of hydrogen-bond acceptors (Lipinski definition) is 5. The highest BCUT2D eigenvalue weighted by atomic mass is 32.1. The molecular formula is C19H16FN3O4S. The zero-order valence-electron chi connectivity index (χ0n) is 15.0. The number of allylic oxidation sites excluding steroid dienone is 1. The number of hydrogen-bond donors (Lipinski definition) is 1. The maximum absolute atomic E-state index is 13.3. The Morgan fingerprint density at radius 2 is 1.82 bits per heavy atom. The number of nitro groups is 1. The maximum atomic E-state index is 13.3. The number of nitrogens with one attached hydrogen (secondary N) is 1. The highest BCUT2D eigenvalue weighted by Gasteiger charge is 2.35. The molecule has 0 bridgehead atoms. The fourth-order valence-corrected chi connectivity index (χ4v) is 3.42. The van der Waals surface area contributed by atoms with Gasteiger partial charge in [-0.25, -0.2) is 9.18 Å². The molecule has 28 heavy (non-hydrogen) atoms. The lowest BCUT2D eigenvalue weighted by Gasteiger charge is -2.37. The molecular weight excluding hydrogens is 385 g/mol. The van der Waals surface area contributed by atoms with Crippen LogP contribution < -0.4 is 10.2 Å². The molecule has 2 aromatic carbocycles. The van der Waals surface area contributed by atoms with Crippen molar-refractivity contribution in [2.45, 2.75) is 13.0 Å². The number of carbonyl (C=O) groups is 1. The number of nitro benzene ring substituents is 1. The van der Waals surface area contributed by atoms with Crippen LogP contribution in [0.15, 0.2) is 59.8 Å². The van der Waals surface area contributed by atoms with E-state index in [1.807, 2.05) is 0 Å². The van der Waals surface area contributed by atoms with Crippen LogP contribution >= 0.6 is 12.2 Å². The number of carbonyl (C=O) groups excluding carboxylic acids is 1. The van der Waals surface area contributed by atoms with Crippen molar-refractivity contribution in [3.63, 3.8) is 0 Å². The molecule has 2 aromatic rings. The average Bonchev–Trinajstić information content (AvgIpc) is 2.68. The minimum absolute atomic E-state index is 0.0598. The van der Waals surface area contributed by atoms with Gasteiger partial charge >= 0.3 is 5.97 Å². The molecule has 1 atom stereocenters. The number of ether oxygens (including phenoxy) is 1. The number of rotatable bonds is 4. The second kappa shape index (κ2) is 7.73. The molecule has 0 radical (unpaired) electrons.